The Labute approximate surface area is 211 Å². The molecule has 7 nitrogen and oxygen atoms in total. The summed E-state index contributed by atoms with van der Waals surface area (Å²) in [6.07, 6.45) is 1.24. The van der Waals surface area contributed by atoms with Crippen molar-refractivity contribution in [3.63, 3.8) is 0 Å². The molecule has 0 saturated carbocycles. The second-order valence-corrected chi connectivity index (χ2v) is 7.84. The third kappa shape index (κ3) is 12.4. The van der Waals surface area contributed by atoms with Crippen molar-refractivity contribution in [1.29, 1.82) is 0 Å². The van der Waals surface area contributed by atoms with E-state index in [4.69, 9.17) is 9.47 Å². The number of hydrogen-bond donors (Lipinski definition) is 2. The summed E-state index contributed by atoms with van der Waals surface area (Å²) in [5.41, 5.74) is 2.96. The summed E-state index contributed by atoms with van der Waals surface area (Å²) < 4.78 is 15.9. The first-order valence-corrected chi connectivity index (χ1v) is 12.5. The molecule has 33 heavy (non-hydrogen) atoms. The van der Waals surface area contributed by atoms with Gasteiger partial charge in [0, 0.05) is 18.7 Å². The fraction of sp³-hybridized carbons (Fsp3) is 0.440. The van der Waals surface area contributed by atoms with Gasteiger partial charge in [0.2, 0.25) is 0 Å². The maximum atomic E-state index is 11.3. The number of amides is 2. The summed E-state index contributed by atoms with van der Waals surface area (Å²) in [6.45, 7) is 7.39. The highest BCUT2D eigenvalue weighted by atomic mass is 127. The molecule has 0 fully saturated rings. The van der Waals surface area contributed by atoms with Crippen LogP contribution in [0.15, 0.2) is 42.5 Å². The summed E-state index contributed by atoms with van der Waals surface area (Å²) in [6, 6.07) is 13.3. The van der Waals surface area contributed by atoms with Crippen molar-refractivity contribution >= 4 is 34.6 Å². The minimum absolute atomic E-state index is 0.0175. The summed E-state index contributed by atoms with van der Waals surface area (Å²) in [4.78, 5) is 22.1. The number of rotatable bonds is 5. The third-order valence-corrected chi connectivity index (χ3v) is 4.24. The maximum Gasteiger partial charge on any atom is 0.406 e. The number of carbonyl (C=O) groups excluding carboxylic acids is 2. The lowest BCUT2D eigenvalue weighted by Crippen LogP contribution is -2.31. The topological polar surface area (TPSA) is 85.9 Å². The normalized spacial score (nSPS) is 10.8. The van der Waals surface area contributed by atoms with Gasteiger partial charge >= 0.3 is 6.09 Å². The van der Waals surface area contributed by atoms with Crippen molar-refractivity contribution in [3.8, 4) is 11.5 Å². The average molecular weight is 572 g/mol. The smallest absolute Gasteiger partial charge is 0.406 e. The molecule has 2 N–H and O–H groups in total. The third-order valence-electron chi connectivity index (χ3n) is 4.24. The molecule has 184 valence electrons. The van der Waals surface area contributed by atoms with Gasteiger partial charge in [-0.2, -0.15) is 0 Å². The monoisotopic (exact) mass is 572 g/mol. The van der Waals surface area contributed by atoms with Gasteiger partial charge in [0.15, 0.2) is 0 Å². The van der Waals surface area contributed by atoms with E-state index in [-0.39, 0.29) is 5.91 Å². The number of fused-ring (bicyclic) bond motifs is 1. The van der Waals surface area contributed by atoms with Crippen LogP contribution in [-0.4, -0.2) is 50.8 Å². The number of carbonyl (C=O) groups is 2. The standard InChI is InChI=1S/C11H15NO3.C10H11NO2.C2H5I.C2H6/c1-14-10-5-3-4-9(8-10)6-7-12-11(13)15-2;1-13-8-2-3-9-7(6-8)4-5-11-10(9)12;1-2-3;1-2/h3-5,8H,6-7H2,1-2H3,(H,12,13);2-3,6H,4-5H2,1H3,(H,11,12);2H2,1H3;1-2H3. The zero-order valence-corrected chi connectivity index (χ0v) is 22.7. The molecule has 1 aliphatic rings. The van der Waals surface area contributed by atoms with Crippen LogP contribution in [0.3, 0.4) is 0 Å². The molecule has 0 radical (unpaired) electrons. The average Bonchev–Trinajstić information content (AvgIpc) is 2.86. The molecule has 0 aliphatic carbocycles. The highest BCUT2D eigenvalue weighted by Crippen LogP contribution is 2.20. The van der Waals surface area contributed by atoms with Gasteiger partial charge in [-0.1, -0.05) is 55.5 Å². The SMILES string of the molecule is CC.CCI.COC(=O)NCCc1cccc(OC)c1.COc1ccc2c(c1)CCNC2=O. The molecule has 2 aromatic rings. The predicted molar refractivity (Wildman–Crippen MR) is 142 cm³/mol. The second kappa shape index (κ2) is 19.0. The summed E-state index contributed by atoms with van der Waals surface area (Å²) >= 11 is 2.29. The van der Waals surface area contributed by atoms with Crippen LogP contribution in [0.2, 0.25) is 0 Å². The van der Waals surface area contributed by atoms with Crippen LogP contribution in [0.25, 0.3) is 0 Å². The van der Waals surface area contributed by atoms with E-state index in [0.717, 1.165) is 47.6 Å². The van der Waals surface area contributed by atoms with Gasteiger partial charge < -0.3 is 24.8 Å². The molecular formula is C25H37IN2O5. The Balaban J connectivity index is 0.000000522. The van der Waals surface area contributed by atoms with E-state index in [2.05, 4.69) is 44.9 Å². The van der Waals surface area contributed by atoms with Crippen molar-refractivity contribution in [3.05, 3.63) is 59.2 Å². The van der Waals surface area contributed by atoms with Gasteiger partial charge in [-0.25, -0.2) is 4.79 Å². The lowest BCUT2D eigenvalue weighted by Gasteiger charge is -2.16. The molecule has 0 atom stereocenters. The largest absolute Gasteiger partial charge is 0.497 e. The Bertz CT molecular complexity index is 830. The molecule has 1 heterocycles. The van der Waals surface area contributed by atoms with E-state index in [9.17, 15) is 9.59 Å². The fourth-order valence-corrected chi connectivity index (χ4v) is 2.74. The van der Waals surface area contributed by atoms with E-state index < -0.39 is 6.09 Å². The molecule has 0 bridgehead atoms. The first kappa shape index (κ1) is 30.5. The van der Waals surface area contributed by atoms with E-state index in [1.807, 2.05) is 56.3 Å². The predicted octanol–water partition coefficient (Wildman–Crippen LogP) is 5.04. The number of halogens is 1. The molecule has 0 saturated heterocycles. The van der Waals surface area contributed by atoms with Gasteiger partial charge in [-0.15, -0.1) is 0 Å². The molecule has 2 amide bonds. The summed E-state index contributed by atoms with van der Waals surface area (Å²) in [5, 5.41) is 5.41. The van der Waals surface area contributed by atoms with Crippen LogP contribution in [0.5, 0.6) is 11.5 Å². The summed E-state index contributed by atoms with van der Waals surface area (Å²) in [7, 11) is 4.61. The molecule has 1 aliphatic heterocycles. The molecule has 3 rings (SSSR count). The Morgan fingerprint density at radius 3 is 2.30 bits per heavy atom. The number of methoxy groups -OCH3 is 3. The van der Waals surface area contributed by atoms with Crippen LogP contribution < -0.4 is 20.1 Å². The van der Waals surface area contributed by atoms with E-state index in [1.54, 1.807) is 14.2 Å². The van der Waals surface area contributed by atoms with Crippen molar-refractivity contribution < 1.29 is 23.8 Å². The molecule has 0 spiro atoms. The van der Waals surface area contributed by atoms with Gasteiger partial charge in [0.05, 0.1) is 21.3 Å². The Morgan fingerprint density at radius 2 is 1.70 bits per heavy atom. The lowest BCUT2D eigenvalue weighted by molar-refractivity contribution is 0.0946. The lowest BCUT2D eigenvalue weighted by atomic mass is 10.0. The van der Waals surface area contributed by atoms with Gasteiger partial charge in [-0.05, 0) is 58.7 Å². The van der Waals surface area contributed by atoms with Crippen molar-refractivity contribution in [1.82, 2.24) is 10.6 Å². The zero-order chi connectivity index (χ0) is 25.1. The summed E-state index contributed by atoms with van der Waals surface area (Å²) in [5.74, 6) is 1.66. The molecule has 2 aromatic carbocycles. The Hall–Kier alpha value is -2.49. The van der Waals surface area contributed by atoms with Crippen molar-refractivity contribution in [2.24, 2.45) is 0 Å². The number of benzene rings is 2. The number of hydrogen-bond acceptors (Lipinski definition) is 5. The molecule has 8 heteroatoms. The van der Waals surface area contributed by atoms with E-state index >= 15 is 0 Å². The van der Waals surface area contributed by atoms with Crippen LogP contribution >= 0.6 is 22.6 Å². The first-order valence-electron chi connectivity index (χ1n) is 10.9. The number of alkyl carbamates (subject to hydrolysis) is 1. The highest BCUT2D eigenvalue weighted by molar-refractivity contribution is 14.1. The highest BCUT2D eigenvalue weighted by Gasteiger charge is 2.16. The Kier molecular flexibility index (Phi) is 17.6. The van der Waals surface area contributed by atoms with E-state index in [1.165, 1.54) is 11.5 Å². The van der Waals surface area contributed by atoms with E-state index in [0.29, 0.717) is 6.54 Å². The number of nitrogens with one attached hydrogen (secondary N) is 2. The minimum Gasteiger partial charge on any atom is -0.497 e. The van der Waals surface area contributed by atoms with Gasteiger partial charge in [-0.3, -0.25) is 4.79 Å². The number of alkyl halides is 1. The van der Waals surface area contributed by atoms with Gasteiger partial charge in [0.25, 0.3) is 5.91 Å². The quantitative estimate of drug-likeness (QED) is 0.388. The zero-order valence-electron chi connectivity index (χ0n) is 20.5. The van der Waals surface area contributed by atoms with Crippen LogP contribution in [0, 0.1) is 0 Å². The maximum absolute atomic E-state index is 11.3. The van der Waals surface area contributed by atoms with Crippen molar-refractivity contribution in [2.75, 3.05) is 38.8 Å². The van der Waals surface area contributed by atoms with Crippen LogP contribution in [0.1, 0.15) is 42.3 Å². The minimum atomic E-state index is -0.405. The number of ether oxygens (including phenoxy) is 3. The first-order chi connectivity index (χ1) is 16.0. The second-order valence-electron chi connectivity index (χ2n) is 6.32. The van der Waals surface area contributed by atoms with Crippen LogP contribution in [0.4, 0.5) is 4.79 Å². The van der Waals surface area contributed by atoms with Crippen LogP contribution in [-0.2, 0) is 17.6 Å². The van der Waals surface area contributed by atoms with Crippen molar-refractivity contribution in [2.45, 2.75) is 33.6 Å². The molecule has 0 unspecified atom stereocenters. The Morgan fingerprint density at radius 1 is 1.06 bits per heavy atom. The molecule has 0 aromatic heterocycles. The van der Waals surface area contributed by atoms with Gasteiger partial charge in [0.1, 0.15) is 11.5 Å². The fourth-order valence-electron chi connectivity index (χ4n) is 2.74. The molecular weight excluding hydrogens is 535 g/mol.